The molecule has 0 fully saturated rings. The molecule has 0 atom stereocenters. The third-order valence-electron chi connectivity index (χ3n) is 3.35. The van der Waals surface area contributed by atoms with E-state index in [1.165, 1.54) is 0 Å². The Bertz CT molecular complexity index is 1020. The molecule has 0 radical (unpaired) electrons. The number of hydrogen-bond acceptors (Lipinski definition) is 5. The van der Waals surface area contributed by atoms with Gasteiger partial charge in [-0.15, -0.1) is 10.2 Å². The lowest BCUT2D eigenvalue weighted by atomic mass is 10.2. The van der Waals surface area contributed by atoms with E-state index in [1.807, 2.05) is 48.5 Å². The van der Waals surface area contributed by atoms with Gasteiger partial charge in [0.05, 0.1) is 6.21 Å². The van der Waals surface area contributed by atoms with Crippen LogP contribution in [0, 0.1) is 3.57 Å². The number of aromatic amines is 1. The summed E-state index contributed by atoms with van der Waals surface area (Å²) in [5.74, 6) is 0.353. The van der Waals surface area contributed by atoms with Gasteiger partial charge in [0.25, 0.3) is 5.95 Å². The monoisotopic (exact) mass is 414 g/mol. The molecule has 0 aliphatic heterocycles. The molecule has 23 heavy (non-hydrogen) atoms. The Balaban J connectivity index is 1.61. The van der Waals surface area contributed by atoms with E-state index in [2.05, 4.69) is 53.3 Å². The number of hydrogen-bond donors (Lipinski definition) is 2. The number of aromatic nitrogens is 4. The number of benzene rings is 2. The second-order valence-corrected chi connectivity index (χ2v) is 6.17. The fourth-order valence-electron chi connectivity index (χ4n) is 2.32. The van der Waals surface area contributed by atoms with Gasteiger partial charge < -0.3 is 4.98 Å². The van der Waals surface area contributed by atoms with Crippen molar-refractivity contribution in [3.8, 4) is 0 Å². The van der Waals surface area contributed by atoms with E-state index < -0.39 is 0 Å². The minimum atomic E-state index is 0.353. The van der Waals surface area contributed by atoms with Crippen molar-refractivity contribution in [3.63, 3.8) is 0 Å². The Labute approximate surface area is 145 Å². The van der Waals surface area contributed by atoms with Crippen LogP contribution in [0.1, 0.15) is 5.56 Å². The molecule has 0 aliphatic rings. The second-order valence-electron chi connectivity index (χ2n) is 4.93. The van der Waals surface area contributed by atoms with Gasteiger partial charge in [-0.1, -0.05) is 30.3 Å². The lowest BCUT2D eigenvalue weighted by Crippen LogP contribution is -1.99. The molecule has 4 rings (SSSR count). The number of nitrogens with one attached hydrogen (secondary N) is 2. The van der Waals surface area contributed by atoms with Crippen molar-refractivity contribution in [2.45, 2.75) is 0 Å². The highest BCUT2D eigenvalue weighted by Gasteiger charge is 2.07. The second kappa shape index (κ2) is 5.92. The normalized spacial score (nSPS) is 11.5. The molecular weight excluding hydrogens is 403 g/mol. The van der Waals surface area contributed by atoms with Gasteiger partial charge in [0.2, 0.25) is 0 Å². The van der Waals surface area contributed by atoms with Crippen molar-refractivity contribution < 1.29 is 0 Å². The molecule has 0 aliphatic carbocycles. The first-order valence-corrected chi connectivity index (χ1v) is 8.03. The van der Waals surface area contributed by atoms with Gasteiger partial charge in [0.15, 0.2) is 5.65 Å². The summed E-state index contributed by atoms with van der Waals surface area (Å²) >= 11 is 2.26. The molecule has 112 valence electrons. The van der Waals surface area contributed by atoms with Gasteiger partial charge in [-0.2, -0.15) is 10.1 Å². The van der Waals surface area contributed by atoms with Gasteiger partial charge in [-0.3, -0.25) is 0 Å². The summed E-state index contributed by atoms with van der Waals surface area (Å²) in [5.41, 5.74) is 6.25. The molecule has 2 N–H and O–H groups in total. The summed E-state index contributed by atoms with van der Waals surface area (Å²) in [7, 11) is 0. The fraction of sp³-hybridized carbons (Fsp3) is 0. The Morgan fingerprint density at radius 3 is 2.91 bits per heavy atom. The van der Waals surface area contributed by atoms with E-state index in [0.717, 1.165) is 25.6 Å². The van der Waals surface area contributed by atoms with E-state index in [0.29, 0.717) is 11.6 Å². The van der Waals surface area contributed by atoms with Crippen LogP contribution < -0.4 is 5.43 Å². The average molecular weight is 414 g/mol. The highest BCUT2D eigenvalue weighted by molar-refractivity contribution is 14.1. The Morgan fingerprint density at radius 1 is 1.09 bits per heavy atom. The molecule has 4 aromatic rings. The number of halogens is 1. The smallest absolute Gasteiger partial charge is 0.265 e. The zero-order valence-electron chi connectivity index (χ0n) is 11.9. The minimum absolute atomic E-state index is 0.353. The maximum Gasteiger partial charge on any atom is 0.265 e. The summed E-state index contributed by atoms with van der Waals surface area (Å²) in [4.78, 5) is 7.63. The summed E-state index contributed by atoms with van der Waals surface area (Å²) in [6, 6.07) is 15.9. The van der Waals surface area contributed by atoms with Crippen LogP contribution in [0.2, 0.25) is 0 Å². The molecule has 2 aromatic heterocycles. The first-order chi connectivity index (χ1) is 11.3. The maximum absolute atomic E-state index is 4.41. The number of para-hydroxylation sites is 1. The maximum atomic E-state index is 4.41. The first-order valence-electron chi connectivity index (χ1n) is 6.95. The molecule has 0 saturated carbocycles. The molecule has 0 bridgehead atoms. The Hall–Kier alpha value is -2.55. The third-order valence-corrected chi connectivity index (χ3v) is 4.02. The van der Waals surface area contributed by atoms with E-state index in [1.54, 1.807) is 6.21 Å². The molecule has 7 heteroatoms. The predicted molar refractivity (Wildman–Crippen MR) is 99.6 cm³/mol. The van der Waals surface area contributed by atoms with Crippen LogP contribution in [0.5, 0.6) is 0 Å². The van der Waals surface area contributed by atoms with Crippen molar-refractivity contribution in [1.82, 2.24) is 20.2 Å². The van der Waals surface area contributed by atoms with Gasteiger partial charge in [0.1, 0.15) is 5.52 Å². The Morgan fingerprint density at radius 2 is 2.00 bits per heavy atom. The average Bonchev–Trinajstić information content (AvgIpc) is 2.92. The number of nitrogens with zero attached hydrogens (tertiary/aromatic N) is 4. The number of anilines is 1. The van der Waals surface area contributed by atoms with E-state index >= 15 is 0 Å². The third kappa shape index (κ3) is 2.87. The van der Waals surface area contributed by atoms with Gasteiger partial charge in [0, 0.05) is 14.5 Å². The first kappa shape index (κ1) is 14.1. The SMILES string of the molecule is Ic1cccc(/C=N\Nc2nnc3c(n2)[nH]c2ccccc23)c1. The zero-order valence-corrected chi connectivity index (χ0v) is 14.0. The van der Waals surface area contributed by atoms with Gasteiger partial charge >= 0.3 is 0 Å². The molecule has 2 heterocycles. The van der Waals surface area contributed by atoms with Crippen LogP contribution in [0.15, 0.2) is 53.6 Å². The van der Waals surface area contributed by atoms with Crippen molar-refractivity contribution in [3.05, 3.63) is 57.7 Å². The molecule has 0 amide bonds. The molecule has 0 saturated heterocycles. The highest BCUT2D eigenvalue weighted by atomic mass is 127. The summed E-state index contributed by atoms with van der Waals surface area (Å²) in [6.07, 6.45) is 1.72. The number of H-pyrrole nitrogens is 1. The minimum Gasteiger partial charge on any atom is -0.338 e. The van der Waals surface area contributed by atoms with Crippen LogP contribution in [-0.2, 0) is 0 Å². The number of hydrazone groups is 1. The summed E-state index contributed by atoms with van der Waals surface area (Å²) < 4.78 is 1.16. The largest absolute Gasteiger partial charge is 0.338 e. The lowest BCUT2D eigenvalue weighted by Gasteiger charge is -1.97. The highest BCUT2D eigenvalue weighted by Crippen LogP contribution is 2.21. The molecule has 0 spiro atoms. The lowest BCUT2D eigenvalue weighted by molar-refractivity contribution is 1.01. The van der Waals surface area contributed by atoms with Crippen molar-refractivity contribution >= 4 is 56.8 Å². The van der Waals surface area contributed by atoms with Crippen LogP contribution in [0.25, 0.3) is 22.1 Å². The van der Waals surface area contributed by atoms with Crippen molar-refractivity contribution in [2.75, 3.05) is 5.43 Å². The van der Waals surface area contributed by atoms with Crippen molar-refractivity contribution in [2.24, 2.45) is 5.10 Å². The van der Waals surface area contributed by atoms with Crippen LogP contribution in [-0.4, -0.2) is 26.4 Å². The van der Waals surface area contributed by atoms with Crippen LogP contribution in [0.3, 0.4) is 0 Å². The predicted octanol–water partition coefficient (Wildman–Crippen LogP) is 3.56. The number of fused-ring (bicyclic) bond motifs is 3. The Kier molecular flexibility index (Phi) is 3.62. The van der Waals surface area contributed by atoms with E-state index in [9.17, 15) is 0 Å². The van der Waals surface area contributed by atoms with Crippen LogP contribution in [0.4, 0.5) is 5.95 Å². The quantitative estimate of drug-likeness (QED) is 0.305. The molecular formula is C16H11IN6. The van der Waals surface area contributed by atoms with Gasteiger partial charge in [-0.25, -0.2) is 5.43 Å². The molecule has 0 unspecified atom stereocenters. The molecule has 6 nitrogen and oxygen atoms in total. The zero-order chi connectivity index (χ0) is 15.6. The topological polar surface area (TPSA) is 78.8 Å². The molecule has 2 aromatic carbocycles. The van der Waals surface area contributed by atoms with Crippen LogP contribution >= 0.6 is 22.6 Å². The van der Waals surface area contributed by atoms with E-state index in [4.69, 9.17) is 0 Å². The van der Waals surface area contributed by atoms with E-state index in [-0.39, 0.29) is 0 Å². The van der Waals surface area contributed by atoms with Crippen molar-refractivity contribution in [1.29, 1.82) is 0 Å². The number of rotatable bonds is 3. The van der Waals surface area contributed by atoms with Gasteiger partial charge in [-0.05, 0) is 46.4 Å². The fourth-order valence-corrected chi connectivity index (χ4v) is 2.89. The standard InChI is InChI=1S/C16H11IN6/c17-11-5-3-4-10(8-11)9-18-22-16-20-15-14(21-23-16)12-6-1-2-7-13(12)19-15/h1-9H,(H2,19,20,22,23)/b18-9-. The summed E-state index contributed by atoms with van der Waals surface area (Å²) in [6.45, 7) is 0. The summed E-state index contributed by atoms with van der Waals surface area (Å²) in [5, 5.41) is 13.5.